The zero-order chi connectivity index (χ0) is 7.44. The predicted molar refractivity (Wildman–Crippen MR) is 36.7 cm³/mol. The van der Waals surface area contributed by atoms with E-state index in [-0.39, 0.29) is 17.7 Å². The molecule has 1 amide bonds. The average molecular weight is 128 g/mol. The maximum Gasteiger partial charge on any atom is 0.264 e. The molecule has 9 heavy (non-hydrogen) atoms. The van der Waals surface area contributed by atoms with Gasteiger partial charge in [0.15, 0.2) is 0 Å². The van der Waals surface area contributed by atoms with E-state index in [4.69, 9.17) is 5.41 Å². The summed E-state index contributed by atoms with van der Waals surface area (Å²) in [6.07, 6.45) is 0. The molecule has 0 aliphatic carbocycles. The van der Waals surface area contributed by atoms with Crippen molar-refractivity contribution in [2.45, 2.75) is 26.8 Å². The molecule has 0 aliphatic heterocycles. The summed E-state index contributed by atoms with van der Waals surface area (Å²) < 4.78 is 0. The Labute approximate surface area is 55.0 Å². The van der Waals surface area contributed by atoms with Crippen LogP contribution in [0, 0.1) is 5.41 Å². The van der Waals surface area contributed by atoms with Crippen LogP contribution < -0.4 is 5.32 Å². The molecule has 52 valence electrons. The summed E-state index contributed by atoms with van der Waals surface area (Å²) in [6.45, 7) is 5.19. The lowest BCUT2D eigenvalue weighted by atomic mass is 10.3. The van der Waals surface area contributed by atoms with Crippen LogP contribution in [0.25, 0.3) is 0 Å². The molecule has 0 aliphatic rings. The number of hydrogen-bond acceptors (Lipinski definition) is 2. The first-order valence-electron chi connectivity index (χ1n) is 2.90. The van der Waals surface area contributed by atoms with E-state index >= 15 is 0 Å². The van der Waals surface area contributed by atoms with Crippen molar-refractivity contribution >= 4 is 11.6 Å². The third kappa shape index (κ3) is 3.70. The van der Waals surface area contributed by atoms with Gasteiger partial charge in [0.1, 0.15) is 0 Å². The van der Waals surface area contributed by atoms with Crippen molar-refractivity contribution in [1.29, 1.82) is 5.41 Å². The molecule has 0 aromatic heterocycles. The topological polar surface area (TPSA) is 53.0 Å². The van der Waals surface area contributed by atoms with Gasteiger partial charge in [0.25, 0.3) is 5.91 Å². The Kier molecular flexibility index (Phi) is 2.91. The van der Waals surface area contributed by atoms with Crippen molar-refractivity contribution in [1.82, 2.24) is 5.32 Å². The van der Waals surface area contributed by atoms with Crippen molar-refractivity contribution in [3.05, 3.63) is 0 Å². The molecule has 0 atom stereocenters. The minimum atomic E-state index is -0.287. The van der Waals surface area contributed by atoms with Crippen LogP contribution in [-0.4, -0.2) is 17.7 Å². The van der Waals surface area contributed by atoms with E-state index in [1.807, 2.05) is 13.8 Å². The molecule has 0 spiro atoms. The highest BCUT2D eigenvalue weighted by atomic mass is 16.1. The van der Waals surface area contributed by atoms with Gasteiger partial charge in [0, 0.05) is 6.04 Å². The number of rotatable bonds is 2. The maximum atomic E-state index is 10.6. The zero-order valence-corrected chi connectivity index (χ0v) is 5.99. The van der Waals surface area contributed by atoms with Crippen LogP contribution in [0.5, 0.6) is 0 Å². The summed E-state index contributed by atoms with van der Waals surface area (Å²) in [5.41, 5.74) is 0.0590. The van der Waals surface area contributed by atoms with E-state index in [1.165, 1.54) is 6.92 Å². The van der Waals surface area contributed by atoms with Crippen LogP contribution in [0.4, 0.5) is 0 Å². The van der Waals surface area contributed by atoms with E-state index in [0.717, 1.165) is 0 Å². The average Bonchev–Trinajstić information content (AvgIpc) is 1.63. The fourth-order valence-corrected chi connectivity index (χ4v) is 0.370. The van der Waals surface area contributed by atoms with Gasteiger partial charge in [-0.15, -0.1) is 0 Å². The van der Waals surface area contributed by atoms with E-state index in [1.54, 1.807) is 0 Å². The third-order valence-electron chi connectivity index (χ3n) is 0.760. The Bertz CT molecular complexity index is 129. The normalized spacial score (nSPS) is 9.33. The third-order valence-corrected chi connectivity index (χ3v) is 0.760. The molecule has 0 radical (unpaired) electrons. The molecule has 0 aromatic carbocycles. The van der Waals surface area contributed by atoms with Crippen LogP contribution >= 0.6 is 0 Å². The van der Waals surface area contributed by atoms with Gasteiger partial charge < -0.3 is 5.32 Å². The van der Waals surface area contributed by atoms with E-state index in [0.29, 0.717) is 0 Å². The largest absolute Gasteiger partial charge is 0.349 e. The van der Waals surface area contributed by atoms with Crippen LogP contribution in [0.3, 0.4) is 0 Å². The molecular weight excluding hydrogens is 116 g/mol. The van der Waals surface area contributed by atoms with Crippen molar-refractivity contribution < 1.29 is 4.79 Å². The first-order valence-corrected chi connectivity index (χ1v) is 2.90. The van der Waals surface area contributed by atoms with E-state index in [2.05, 4.69) is 5.32 Å². The standard InChI is InChI=1S/C6H12N2O/c1-4(2)8-6(9)5(3)7/h4,7H,1-3H3,(H,8,9). The maximum absolute atomic E-state index is 10.6. The Hall–Kier alpha value is -0.860. The molecule has 3 nitrogen and oxygen atoms in total. The van der Waals surface area contributed by atoms with Crippen LogP contribution in [-0.2, 0) is 4.79 Å². The molecule has 0 heterocycles. The second-order valence-corrected chi connectivity index (χ2v) is 2.25. The molecule has 2 N–H and O–H groups in total. The Morgan fingerprint density at radius 1 is 1.56 bits per heavy atom. The minimum Gasteiger partial charge on any atom is -0.349 e. The van der Waals surface area contributed by atoms with Gasteiger partial charge in [-0.2, -0.15) is 0 Å². The fourth-order valence-electron chi connectivity index (χ4n) is 0.370. The van der Waals surface area contributed by atoms with Crippen molar-refractivity contribution in [3.63, 3.8) is 0 Å². The first-order chi connectivity index (χ1) is 4.04. The monoisotopic (exact) mass is 128 g/mol. The van der Waals surface area contributed by atoms with Gasteiger partial charge in [0.2, 0.25) is 0 Å². The van der Waals surface area contributed by atoms with E-state index in [9.17, 15) is 4.79 Å². The number of carbonyl (C=O) groups excluding carboxylic acids is 1. The summed E-state index contributed by atoms with van der Waals surface area (Å²) in [5.74, 6) is -0.287. The van der Waals surface area contributed by atoms with E-state index < -0.39 is 0 Å². The molecule has 3 heteroatoms. The molecule has 0 aromatic rings. The fraction of sp³-hybridized carbons (Fsp3) is 0.667. The molecule has 0 saturated heterocycles. The lowest BCUT2D eigenvalue weighted by Gasteiger charge is -2.05. The SMILES string of the molecule is CC(=N)C(=O)NC(C)C. The van der Waals surface area contributed by atoms with Crippen LogP contribution in [0.2, 0.25) is 0 Å². The quantitative estimate of drug-likeness (QED) is 0.524. The number of nitrogens with one attached hydrogen (secondary N) is 2. The number of carbonyl (C=O) groups is 1. The van der Waals surface area contributed by atoms with Crippen molar-refractivity contribution in [2.24, 2.45) is 0 Å². The highest BCUT2D eigenvalue weighted by molar-refractivity contribution is 6.36. The van der Waals surface area contributed by atoms with Crippen LogP contribution in [0.1, 0.15) is 20.8 Å². The zero-order valence-electron chi connectivity index (χ0n) is 5.99. The van der Waals surface area contributed by atoms with Gasteiger partial charge in [-0.25, -0.2) is 0 Å². The summed E-state index contributed by atoms with van der Waals surface area (Å²) in [4.78, 5) is 10.6. The second kappa shape index (κ2) is 3.22. The Balaban J connectivity index is 3.65. The Morgan fingerprint density at radius 2 is 2.00 bits per heavy atom. The molecule has 0 fully saturated rings. The highest BCUT2D eigenvalue weighted by Crippen LogP contribution is 1.77. The summed E-state index contributed by atoms with van der Waals surface area (Å²) in [7, 11) is 0. The van der Waals surface area contributed by atoms with Crippen molar-refractivity contribution in [3.8, 4) is 0 Å². The van der Waals surface area contributed by atoms with Gasteiger partial charge in [-0.1, -0.05) is 0 Å². The van der Waals surface area contributed by atoms with Crippen molar-refractivity contribution in [2.75, 3.05) is 0 Å². The highest BCUT2D eigenvalue weighted by Gasteiger charge is 2.02. The summed E-state index contributed by atoms with van der Waals surface area (Å²) >= 11 is 0. The lowest BCUT2D eigenvalue weighted by molar-refractivity contribution is -0.115. The number of hydrogen-bond donors (Lipinski definition) is 2. The molecule has 0 unspecified atom stereocenters. The van der Waals surface area contributed by atoms with Gasteiger partial charge >= 0.3 is 0 Å². The van der Waals surface area contributed by atoms with Crippen LogP contribution in [0.15, 0.2) is 0 Å². The van der Waals surface area contributed by atoms with Gasteiger partial charge in [0.05, 0.1) is 5.71 Å². The second-order valence-electron chi connectivity index (χ2n) is 2.25. The molecule has 0 saturated carbocycles. The molecule has 0 bridgehead atoms. The number of amides is 1. The minimum absolute atomic E-state index is 0.0590. The predicted octanol–water partition coefficient (Wildman–Crippen LogP) is 0.551. The van der Waals surface area contributed by atoms with Gasteiger partial charge in [-0.05, 0) is 20.8 Å². The summed E-state index contributed by atoms with van der Waals surface area (Å²) in [5, 5.41) is 9.46. The first kappa shape index (κ1) is 8.14. The lowest BCUT2D eigenvalue weighted by Crippen LogP contribution is -2.34. The Morgan fingerprint density at radius 3 is 2.11 bits per heavy atom. The summed E-state index contributed by atoms with van der Waals surface area (Å²) in [6, 6.07) is 0.123. The molecule has 0 rings (SSSR count). The smallest absolute Gasteiger partial charge is 0.264 e. The molecular formula is C6H12N2O. The van der Waals surface area contributed by atoms with Gasteiger partial charge in [-0.3, -0.25) is 10.2 Å².